The molecule has 8 heteroatoms. The molecule has 0 heterocycles. The number of amidine groups is 1. The molecule has 2 N–H and O–H groups in total. The van der Waals surface area contributed by atoms with Crippen LogP contribution in [0.15, 0.2) is 21.8 Å². The van der Waals surface area contributed by atoms with Crippen molar-refractivity contribution in [3.05, 3.63) is 11.8 Å². The molecule has 3 nitrogen and oxygen atoms in total. The average Bonchev–Trinajstić information content (AvgIpc) is 2.11. The fraction of sp³-hybridized carbons (Fsp3) is 0.429. The highest BCUT2D eigenvalue weighted by Crippen LogP contribution is 2.41. The van der Waals surface area contributed by atoms with Crippen LogP contribution < -0.4 is 5.73 Å². The summed E-state index contributed by atoms with van der Waals surface area (Å²) >= 11 is 0. The van der Waals surface area contributed by atoms with E-state index in [4.69, 9.17) is 5.73 Å². The molecule has 0 atom stereocenters. The molecule has 0 aliphatic carbocycles. The van der Waals surface area contributed by atoms with E-state index in [1.807, 2.05) is 0 Å². The van der Waals surface area contributed by atoms with Crippen molar-refractivity contribution in [1.29, 1.82) is 0 Å². The standard InChI is InChI=1S/C7H8F5N3/c1-14-4(3-5(13)15-2)6(8,9)7(10,11)12/h3H,1H2,2H3,(H2,13,15)/b4-3-. The van der Waals surface area contributed by atoms with E-state index in [-0.39, 0.29) is 0 Å². The van der Waals surface area contributed by atoms with Crippen molar-refractivity contribution in [3.8, 4) is 0 Å². The summed E-state index contributed by atoms with van der Waals surface area (Å²) in [6.45, 7) is 2.62. The van der Waals surface area contributed by atoms with Crippen LogP contribution in [0.1, 0.15) is 0 Å². The molecule has 0 aliphatic rings. The SMILES string of the molecule is C=N/C(=C\C(N)=NC)C(F)(F)C(F)(F)F. The lowest BCUT2D eigenvalue weighted by Crippen LogP contribution is -2.38. The number of rotatable bonds is 3. The van der Waals surface area contributed by atoms with Gasteiger partial charge in [0.25, 0.3) is 0 Å². The van der Waals surface area contributed by atoms with E-state index in [1.54, 1.807) is 0 Å². The second kappa shape index (κ2) is 4.37. The summed E-state index contributed by atoms with van der Waals surface area (Å²) < 4.78 is 60.9. The number of alkyl halides is 5. The number of aliphatic imine (C=N–C) groups is 2. The van der Waals surface area contributed by atoms with Gasteiger partial charge >= 0.3 is 12.1 Å². The quantitative estimate of drug-likeness (QED) is 0.447. The molecule has 0 radical (unpaired) electrons. The Balaban J connectivity index is 5.33. The topological polar surface area (TPSA) is 50.7 Å². The molecule has 0 aromatic heterocycles. The van der Waals surface area contributed by atoms with E-state index >= 15 is 0 Å². The third-order valence-electron chi connectivity index (χ3n) is 1.39. The smallest absolute Gasteiger partial charge is 0.384 e. The van der Waals surface area contributed by atoms with Crippen molar-refractivity contribution in [2.24, 2.45) is 15.7 Å². The van der Waals surface area contributed by atoms with Crippen molar-refractivity contribution in [1.82, 2.24) is 0 Å². The molecule has 0 saturated carbocycles. The zero-order chi connectivity index (χ0) is 12.3. The van der Waals surface area contributed by atoms with E-state index in [0.29, 0.717) is 6.08 Å². The number of halogens is 5. The van der Waals surface area contributed by atoms with Gasteiger partial charge in [0.15, 0.2) is 0 Å². The molecule has 0 aliphatic heterocycles. The van der Waals surface area contributed by atoms with Gasteiger partial charge in [-0.15, -0.1) is 0 Å². The minimum Gasteiger partial charge on any atom is -0.384 e. The summed E-state index contributed by atoms with van der Waals surface area (Å²) in [6.07, 6.45) is -5.42. The summed E-state index contributed by atoms with van der Waals surface area (Å²) in [7, 11) is 1.14. The van der Waals surface area contributed by atoms with Gasteiger partial charge in [0.2, 0.25) is 0 Å². The van der Waals surface area contributed by atoms with Gasteiger partial charge in [-0.05, 0) is 6.72 Å². The Morgan fingerprint density at radius 3 is 2.00 bits per heavy atom. The fourth-order valence-corrected chi connectivity index (χ4v) is 0.585. The Bertz CT molecular complexity index is 302. The Labute approximate surface area is 82.2 Å². The van der Waals surface area contributed by atoms with Gasteiger partial charge in [-0.1, -0.05) is 0 Å². The van der Waals surface area contributed by atoms with Crippen LogP contribution in [0.5, 0.6) is 0 Å². The van der Waals surface area contributed by atoms with Crippen LogP contribution in [-0.4, -0.2) is 31.7 Å². The van der Waals surface area contributed by atoms with Crippen LogP contribution in [0, 0.1) is 0 Å². The first-order valence-corrected chi connectivity index (χ1v) is 3.52. The monoisotopic (exact) mass is 229 g/mol. The molecule has 0 aromatic rings. The number of nitrogens with two attached hydrogens (primary N) is 1. The first-order chi connectivity index (χ1) is 6.66. The lowest BCUT2D eigenvalue weighted by Gasteiger charge is -2.19. The summed E-state index contributed by atoms with van der Waals surface area (Å²) in [6, 6.07) is 0. The van der Waals surface area contributed by atoms with Crippen LogP contribution in [0.25, 0.3) is 0 Å². The highest BCUT2D eigenvalue weighted by atomic mass is 19.4. The minimum atomic E-state index is -5.74. The minimum absolute atomic E-state index is 0.320. The third-order valence-corrected chi connectivity index (χ3v) is 1.39. The molecule has 0 aromatic carbocycles. The number of hydrogen-bond acceptors (Lipinski definition) is 2. The Hall–Kier alpha value is -1.47. The predicted octanol–water partition coefficient (Wildman–Crippen LogP) is 1.76. The van der Waals surface area contributed by atoms with Crippen LogP contribution in [0.4, 0.5) is 22.0 Å². The normalized spacial score (nSPS) is 15.3. The highest BCUT2D eigenvalue weighted by Gasteiger charge is 2.60. The fourth-order valence-electron chi connectivity index (χ4n) is 0.585. The van der Waals surface area contributed by atoms with Crippen molar-refractivity contribution in [2.45, 2.75) is 12.1 Å². The van der Waals surface area contributed by atoms with Crippen LogP contribution >= 0.6 is 0 Å². The van der Waals surface area contributed by atoms with E-state index < -0.39 is 23.6 Å². The molecule has 0 amide bonds. The predicted molar refractivity (Wildman–Crippen MR) is 46.2 cm³/mol. The molecule has 0 bridgehead atoms. The van der Waals surface area contributed by atoms with Gasteiger partial charge in [0, 0.05) is 13.1 Å². The van der Waals surface area contributed by atoms with Gasteiger partial charge in [-0.3, -0.25) is 9.98 Å². The molecule has 0 fully saturated rings. The maximum absolute atomic E-state index is 12.7. The summed E-state index contributed by atoms with van der Waals surface area (Å²) in [5.41, 5.74) is 3.39. The number of hydrogen-bond donors (Lipinski definition) is 1. The second-order valence-corrected chi connectivity index (χ2v) is 2.41. The third kappa shape index (κ3) is 3.00. The second-order valence-electron chi connectivity index (χ2n) is 2.41. The van der Waals surface area contributed by atoms with Crippen molar-refractivity contribution < 1.29 is 22.0 Å². The maximum Gasteiger partial charge on any atom is 0.459 e. The molecular weight excluding hydrogens is 221 g/mol. The van der Waals surface area contributed by atoms with Gasteiger partial charge in [-0.2, -0.15) is 22.0 Å². The van der Waals surface area contributed by atoms with E-state index in [0.717, 1.165) is 7.05 Å². The van der Waals surface area contributed by atoms with E-state index in [1.165, 1.54) is 0 Å². The van der Waals surface area contributed by atoms with Gasteiger partial charge in [-0.25, -0.2) is 0 Å². The van der Waals surface area contributed by atoms with Crippen molar-refractivity contribution in [2.75, 3.05) is 7.05 Å². The molecule has 0 saturated heterocycles. The first-order valence-electron chi connectivity index (χ1n) is 3.52. The Kier molecular flexibility index (Phi) is 3.94. The lowest BCUT2D eigenvalue weighted by atomic mass is 10.2. The maximum atomic E-state index is 12.7. The Morgan fingerprint density at radius 2 is 1.73 bits per heavy atom. The molecule has 86 valence electrons. The lowest BCUT2D eigenvalue weighted by molar-refractivity contribution is -0.264. The number of nitrogens with zero attached hydrogens (tertiary/aromatic N) is 2. The molecule has 15 heavy (non-hydrogen) atoms. The average molecular weight is 229 g/mol. The van der Waals surface area contributed by atoms with E-state index in [9.17, 15) is 22.0 Å². The molecule has 0 unspecified atom stereocenters. The molecular formula is C7H8F5N3. The summed E-state index contributed by atoms with van der Waals surface area (Å²) in [4.78, 5) is 5.80. The molecule has 0 spiro atoms. The van der Waals surface area contributed by atoms with Crippen LogP contribution in [0.3, 0.4) is 0 Å². The van der Waals surface area contributed by atoms with Gasteiger partial charge < -0.3 is 5.73 Å². The zero-order valence-corrected chi connectivity index (χ0v) is 7.65. The van der Waals surface area contributed by atoms with E-state index in [2.05, 4.69) is 16.7 Å². The Morgan fingerprint density at radius 1 is 1.27 bits per heavy atom. The van der Waals surface area contributed by atoms with Crippen molar-refractivity contribution >= 4 is 12.6 Å². The summed E-state index contributed by atoms with van der Waals surface area (Å²) in [5, 5.41) is 0. The van der Waals surface area contributed by atoms with Gasteiger partial charge in [0.1, 0.15) is 11.5 Å². The first kappa shape index (κ1) is 13.5. The zero-order valence-electron chi connectivity index (χ0n) is 7.65. The molecule has 0 rings (SSSR count). The van der Waals surface area contributed by atoms with Gasteiger partial charge in [0.05, 0.1) is 0 Å². The largest absolute Gasteiger partial charge is 0.459 e. The van der Waals surface area contributed by atoms with Crippen molar-refractivity contribution in [3.63, 3.8) is 0 Å². The highest BCUT2D eigenvalue weighted by molar-refractivity contribution is 5.92. The van der Waals surface area contributed by atoms with Crippen LogP contribution in [-0.2, 0) is 0 Å². The summed E-state index contributed by atoms with van der Waals surface area (Å²) in [5.74, 6) is -5.59. The van der Waals surface area contributed by atoms with Crippen LogP contribution in [0.2, 0.25) is 0 Å². The number of allylic oxidation sites excluding steroid dienone is 1.